The van der Waals surface area contributed by atoms with Gasteiger partial charge in [-0.15, -0.1) is 0 Å². The van der Waals surface area contributed by atoms with E-state index in [1.807, 2.05) is 0 Å². The summed E-state index contributed by atoms with van der Waals surface area (Å²) < 4.78 is 10.9. The summed E-state index contributed by atoms with van der Waals surface area (Å²) in [6, 6.07) is 0. The van der Waals surface area contributed by atoms with Gasteiger partial charge in [-0.25, -0.2) is 0 Å². The van der Waals surface area contributed by atoms with Gasteiger partial charge in [0.1, 0.15) is 0 Å². The second kappa shape index (κ2) is 3.35. The van der Waals surface area contributed by atoms with Crippen LogP contribution >= 0.6 is 0 Å². The lowest BCUT2D eigenvalue weighted by molar-refractivity contribution is -0.135. The molecule has 0 aromatic heterocycles. The van der Waals surface area contributed by atoms with Crippen molar-refractivity contribution in [3.63, 3.8) is 0 Å². The van der Waals surface area contributed by atoms with Gasteiger partial charge in [0.15, 0.2) is 0 Å². The predicted molar refractivity (Wildman–Crippen MR) is 47.1 cm³/mol. The van der Waals surface area contributed by atoms with Crippen LogP contribution in [0.4, 0.5) is 0 Å². The molecule has 0 saturated carbocycles. The van der Waals surface area contributed by atoms with Crippen molar-refractivity contribution in [2.45, 2.75) is 51.4 Å². The van der Waals surface area contributed by atoms with E-state index in [2.05, 4.69) is 13.8 Å². The molecule has 0 radical (unpaired) electrons. The first-order valence-corrected chi connectivity index (χ1v) is 5.01. The predicted octanol–water partition coefficient (Wildman–Crippen LogP) is 1.98. The first kappa shape index (κ1) is 8.52. The van der Waals surface area contributed by atoms with E-state index in [4.69, 9.17) is 9.47 Å². The van der Waals surface area contributed by atoms with Crippen molar-refractivity contribution >= 4 is 0 Å². The number of hydrogen-bond donors (Lipinski definition) is 0. The first-order valence-electron chi connectivity index (χ1n) is 5.01. The molecule has 2 aliphatic heterocycles. The van der Waals surface area contributed by atoms with Gasteiger partial charge in [0.05, 0.1) is 24.9 Å². The third-order valence-corrected chi connectivity index (χ3v) is 2.57. The molecule has 2 fully saturated rings. The number of ether oxygens (including phenoxy) is 2. The highest BCUT2D eigenvalue weighted by molar-refractivity contribution is 4.83. The maximum atomic E-state index is 5.72. The third kappa shape index (κ3) is 2.20. The van der Waals surface area contributed by atoms with Crippen LogP contribution in [0.25, 0.3) is 0 Å². The molecule has 0 amide bonds. The van der Waals surface area contributed by atoms with Crippen LogP contribution in [0.15, 0.2) is 0 Å². The SMILES string of the molecule is CC(C)CC1CC(CC2CO2)O1. The number of hydrogen-bond acceptors (Lipinski definition) is 2. The average molecular weight is 170 g/mol. The zero-order chi connectivity index (χ0) is 8.55. The van der Waals surface area contributed by atoms with Gasteiger partial charge in [-0.3, -0.25) is 0 Å². The largest absolute Gasteiger partial charge is 0.375 e. The second-order valence-corrected chi connectivity index (χ2v) is 4.44. The molecule has 0 spiro atoms. The van der Waals surface area contributed by atoms with Gasteiger partial charge in [0, 0.05) is 6.42 Å². The molecule has 2 rings (SSSR count). The zero-order valence-corrected chi connectivity index (χ0v) is 7.95. The summed E-state index contributed by atoms with van der Waals surface area (Å²) in [4.78, 5) is 0. The van der Waals surface area contributed by atoms with Gasteiger partial charge >= 0.3 is 0 Å². The molecule has 0 aliphatic carbocycles. The maximum absolute atomic E-state index is 5.72. The molecule has 2 heterocycles. The van der Waals surface area contributed by atoms with Gasteiger partial charge in [-0.05, 0) is 18.8 Å². The van der Waals surface area contributed by atoms with Crippen LogP contribution in [-0.4, -0.2) is 24.9 Å². The summed E-state index contributed by atoms with van der Waals surface area (Å²) in [5.74, 6) is 0.771. The highest BCUT2D eigenvalue weighted by Crippen LogP contribution is 2.31. The Morgan fingerprint density at radius 3 is 2.42 bits per heavy atom. The number of epoxide rings is 1. The maximum Gasteiger partial charge on any atom is 0.0834 e. The molecule has 2 saturated heterocycles. The Morgan fingerprint density at radius 2 is 1.92 bits per heavy atom. The molecule has 2 aliphatic rings. The molecule has 3 atom stereocenters. The number of rotatable bonds is 4. The van der Waals surface area contributed by atoms with Gasteiger partial charge in [-0.1, -0.05) is 13.8 Å². The summed E-state index contributed by atoms with van der Waals surface area (Å²) in [5, 5.41) is 0. The van der Waals surface area contributed by atoms with Gasteiger partial charge in [-0.2, -0.15) is 0 Å². The van der Waals surface area contributed by atoms with Crippen molar-refractivity contribution in [2.75, 3.05) is 6.61 Å². The molecule has 0 bridgehead atoms. The molecule has 2 heteroatoms. The summed E-state index contributed by atoms with van der Waals surface area (Å²) in [7, 11) is 0. The summed E-state index contributed by atoms with van der Waals surface area (Å²) >= 11 is 0. The minimum atomic E-state index is 0.515. The second-order valence-electron chi connectivity index (χ2n) is 4.44. The Kier molecular flexibility index (Phi) is 2.37. The summed E-state index contributed by atoms with van der Waals surface area (Å²) in [6.07, 6.45) is 5.22. The van der Waals surface area contributed by atoms with Crippen LogP contribution < -0.4 is 0 Å². The van der Waals surface area contributed by atoms with E-state index in [0.29, 0.717) is 18.3 Å². The average Bonchev–Trinajstić information content (AvgIpc) is 2.65. The smallest absolute Gasteiger partial charge is 0.0834 e. The standard InChI is InChI=1S/C10H18O2/c1-7(2)3-8-4-9(12-8)5-10-6-11-10/h7-10H,3-6H2,1-2H3. The van der Waals surface area contributed by atoms with Crippen LogP contribution in [0, 0.1) is 5.92 Å². The molecule has 70 valence electrons. The molecule has 12 heavy (non-hydrogen) atoms. The molecule has 0 N–H and O–H groups in total. The van der Waals surface area contributed by atoms with E-state index in [9.17, 15) is 0 Å². The molecule has 0 aromatic carbocycles. The van der Waals surface area contributed by atoms with Crippen molar-refractivity contribution in [3.05, 3.63) is 0 Å². The first-order chi connectivity index (χ1) is 5.74. The molecule has 3 unspecified atom stereocenters. The fraction of sp³-hybridized carbons (Fsp3) is 1.00. The van der Waals surface area contributed by atoms with Crippen LogP contribution in [0.1, 0.15) is 33.1 Å². The van der Waals surface area contributed by atoms with Crippen LogP contribution in [0.5, 0.6) is 0 Å². The van der Waals surface area contributed by atoms with E-state index in [1.165, 1.54) is 12.8 Å². The molecule has 0 aromatic rings. The molecule has 2 nitrogen and oxygen atoms in total. The van der Waals surface area contributed by atoms with Crippen molar-refractivity contribution in [3.8, 4) is 0 Å². The monoisotopic (exact) mass is 170 g/mol. The van der Waals surface area contributed by atoms with Gasteiger partial charge in [0.2, 0.25) is 0 Å². The highest BCUT2D eigenvalue weighted by Gasteiger charge is 2.35. The third-order valence-electron chi connectivity index (χ3n) is 2.57. The van der Waals surface area contributed by atoms with Crippen molar-refractivity contribution in [1.29, 1.82) is 0 Å². The van der Waals surface area contributed by atoms with E-state index >= 15 is 0 Å². The van der Waals surface area contributed by atoms with Crippen molar-refractivity contribution in [1.82, 2.24) is 0 Å². The minimum absolute atomic E-state index is 0.515. The van der Waals surface area contributed by atoms with E-state index in [1.54, 1.807) is 0 Å². The lowest BCUT2D eigenvalue weighted by atomic mass is 9.94. The van der Waals surface area contributed by atoms with E-state index in [-0.39, 0.29) is 0 Å². The topological polar surface area (TPSA) is 21.8 Å². The Hall–Kier alpha value is -0.0800. The highest BCUT2D eigenvalue weighted by atomic mass is 16.6. The Bertz CT molecular complexity index is 138. The minimum Gasteiger partial charge on any atom is -0.375 e. The fourth-order valence-corrected chi connectivity index (χ4v) is 1.88. The molecular weight excluding hydrogens is 152 g/mol. The lowest BCUT2D eigenvalue weighted by Crippen LogP contribution is -2.38. The van der Waals surface area contributed by atoms with Gasteiger partial charge in [0.25, 0.3) is 0 Å². The van der Waals surface area contributed by atoms with Crippen LogP contribution in [0.3, 0.4) is 0 Å². The zero-order valence-electron chi connectivity index (χ0n) is 7.95. The summed E-state index contributed by atoms with van der Waals surface area (Å²) in [6.45, 7) is 5.47. The Labute approximate surface area is 74.2 Å². The van der Waals surface area contributed by atoms with E-state index in [0.717, 1.165) is 18.9 Å². The van der Waals surface area contributed by atoms with Crippen molar-refractivity contribution in [2.24, 2.45) is 5.92 Å². The lowest BCUT2D eigenvalue weighted by Gasteiger charge is -2.36. The Morgan fingerprint density at radius 1 is 1.25 bits per heavy atom. The van der Waals surface area contributed by atoms with Crippen LogP contribution in [-0.2, 0) is 9.47 Å². The normalized spacial score (nSPS) is 39.8. The summed E-state index contributed by atoms with van der Waals surface area (Å²) in [5.41, 5.74) is 0. The van der Waals surface area contributed by atoms with Crippen LogP contribution in [0.2, 0.25) is 0 Å². The quantitative estimate of drug-likeness (QED) is 0.602. The Balaban J connectivity index is 1.56. The van der Waals surface area contributed by atoms with Gasteiger partial charge < -0.3 is 9.47 Å². The molecular formula is C10H18O2. The van der Waals surface area contributed by atoms with E-state index < -0.39 is 0 Å². The fourth-order valence-electron chi connectivity index (χ4n) is 1.88. The van der Waals surface area contributed by atoms with Crippen molar-refractivity contribution < 1.29 is 9.47 Å².